The van der Waals surface area contributed by atoms with E-state index in [0.717, 1.165) is 0 Å². The van der Waals surface area contributed by atoms with E-state index < -0.39 is 5.91 Å². The van der Waals surface area contributed by atoms with Crippen molar-refractivity contribution in [1.82, 2.24) is 5.32 Å². The number of carbonyl (C=O) groups is 2. The van der Waals surface area contributed by atoms with Gasteiger partial charge in [-0.25, -0.2) is 0 Å². The van der Waals surface area contributed by atoms with E-state index in [2.05, 4.69) is 62.6 Å². The Morgan fingerprint density at radius 3 is 1.82 bits per heavy atom. The first kappa shape index (κ1) is 21.6. The number of benzene rings is 2. The van der Waals surface area contributed by atoms with Gasteiger partial charge in [0.05, 0.1) is 6.04 Å². The summed E-state index contributed by atoms with van der Waals surface area (Å²) in [5, 5.41) is 6.32. The smallest absolute Gasteiger partial charge is 0.248 e. The highest BCUT2D eigenvalue weighted by molar-refractivity contribution is 5.96. The first-order valence-electron chi connectivity index (χ1n) is 9.75. The number of carbonyl (C=O) groups excluding carboxylic acids is 2. The fraction of sp³-hybridized carbons (Fsp3) is 0.391. The van der Waals surface area contributed by atoms with Gasteiger partial charge in [-0.3, -0.25) is 14.9 Å². The van der Waals surface area contributed by atoms with Gasteiger partial charge in [0.1, 0.15) is 0 Å². The second kappa shape index (κ2) is 9.51. The molecule has 0 radical (unpaired) electrons. The lowest BCUT2D eigenvalue weighted by atomic mass is 9.93. The Kier molecular flexibility index (Phi) is 7.35. The van der Waals surface area contributed by atoms with Crippen LogP contribution in [0.4, 0.5) is 5.69 Å². The molecule has 150 valence electrons. The molecule has 0 fully saturated rings. The van der Waals surface area contributed by atoms with Crippen molar-refractivity contribution in [2.75, 3.05) is 5.32 Å². The molecule has 5 nitrogen and oxygen atoms in total. The Labute approximate surface area is 167 Å². The second-order valence-corrected chi connectivity index (χ2v) is 7.86. The van der Waals surface area contributed by atoms with Crippen LogP contribution in [0.5, 0.6) is 0 Å². The lowest BCUT2D eigenvalue weighted by Crippen LogP contribution is -2.41. The number of nitrogens with one attached hydrogen (secondary N) is 2. The van der Waals surface area contributed by atoms with Crippen molar-refractivity contribution >= 4 is 17.5 Å². The first-order valence-corrected chi connectivity index (χ1v) is 9.75. The number of anilines is 1. The molecule has 2 aromatic rings. The molecule has 0 heterocycles. The van der Waals surface area contributed by atoms with Crippen LogP contribution >= 0.6 is 0 Å². The summed E-state index contributed by atoms with van der Waals surface area (Å²) in [7, 11) is 0. The van der Waals surface area contributed by atoms with Crippen molar-refractivity contribution in [1.29, 1.82) is 0 Å². The molecule has 0 aromatic heterocycles. The summed E-state index contributed by atoms with van der Waals surface area (Å²) in [4.78, 5) is 23.7. The average molecular weight is 382 g/mol. The zero-order valence-corrected chi connectivity index (χ0v) is 17.3. The number of rotatable bonds is 8. The molecule has 0 spiro atoms. The minimum Gasteiger partial charge on any atom is -0.366 e. The van der Waals surface area contributed by atoms with E-state index in [1.54, 1.807) is 24.3 Å². The van der Waals surface area contributed by atoms with Crippen molar-refractivity contribution in [3.8, 4) is 0 Å². The predicted molar refractivity (Wildman–Crippen MR) is 114 cm³/mol. The molecule has 2 rings (SSSR count). The largest absolute Gasteiger partial charge is 0.366 e. The van der Waals surface area contributed by atoms with Crippen LogP contribution in [0.1, 0.15) is 68.1 Å². The Bertz CT molecular complexity index is 796. The van der Waals surface area contributed by atoms with Gasteiger partial charge >= 0.3 is 0 Å². The van der Waals surface area contributed by atoms with Crippen molar-refractivity contribution in [2.24, 2.45) is 11.7 Å². The minimum atomic E-state index is -0.490. The van der Waals surface area contributed by atoms with Crippen LogP contribution in [-0.2, 0) is 4.79 Å². The van der Waals surface area contributed by atoms with E-state index in [0.29, 0.717) is 23.1 Å². The molecule has 0 unspecified atom stereocenters. The van der Waals surface area contributed by atoms with Gasteiger partial charge in [0.2, 0.25) is 11.8 Å². The van der Waals surface area contributed by atoms with Crippen LogP contribution in [0.3, 0.4) is 0 Å². The van der Waals surface area contributed by atoms with Gasteiger partial charge in [0.25, 0.3) is 0 Å². The Morgan fingerprint density at radius 2 is 1.36 bits per heavy atom. The third-order valence-electron chi connectivity index (χ3n) is 4.89. The van der Waals surface area contributed by atoms with Gasteiger partial charge in [-0.05, 0) is 54.2 Å². The maximum atomic E-state index is 12.6. The van der Waals surface area contributed by atoms with Gasteiger partial charge in [-0.15, -0.1) is 0 Å². The summed E-state index contributed by atoms with van der Waals surface area (Å²) >= 11 is 0. The molecule has 5 heteroatoms. The second-order valence-electron chi connectivity index (χ2n) is 7.86. The summed E-state index contributed by atoms with van der Waals surface area (Å²) < 4.78 is 0. The maximum absolute atomic E-state index is 12.6. The van der Waals surface area contributed by atoms with E-state index in [4.69, 9.17) is 5.73 Å². The van der Waals surface area contributed by atoms with E-state index in [9.17, 15) is 9.59 Å². The molecule has 0 bridgehead atoms. The summed E-state index contributed by atoms with van der Waals surface area (Å²) in [6.07, 6.45) is 0. The molecular formula is C23H31N3O2. The Balaban J connectivity index is 2.05. The molecule has 2 aromatic carbocycles. The monoisotopic (exact) mass is 381 g/mol. The molecular weight excluding hydrogens is 350 g/mol. The third-order valence-corrected chi connectivity index (χ3v) is 4.89. The Hall–Kier alpha value is -2.66. The van der Waals surface area contributed by atoms with E-state index >= 15 is 0 Å². The van der Waals surface area contributed by atoms with Gasteiger partial charge < -0.3 is 11.1 Å². The Morgan fingerprint density at radius 1 is 0.821 bits per heavy atom. The summed E-state index contributed by atoms with van der Waals surface area (Å²) in [6.45, 7) is 10.5. The van der Waals surface area contributed by atoms with Crippen LogP contribution in [-0.4, -0.2) is 17.9 Å². The number of hydrogen-bond donors (Lipinski definition) is 3. The molecule has 0 aliphatic rings. The molecule has 0 aliphatic heterocycles. The topological polar surface area (TPSA) is 84.2 Å². The molecule has 0 saturated heterocycles. The van der Waals surface area contributed by atoms with Gasteiger partial charge in [0, 0.05) is 17.3 Å². The molecule has 0 aliphatic carbocycles. The van der Waals surface area contributed by atoms with Crippen molar-refractivity contribution in [3.05, 3.63) is 65.2 Å². The van der Waals surface area contributed by atoms with Crippen molar-refractivity contribution in [2.45, 2.75) is 52.6 Å². The van der Waals surface area contributed by atoms with E-state index in [1.807, 2.05) is 6.92 Å². The highest BCUT2D eigenvalue weighted by Crippen LogP contribution is 2.25. The highest BCUT2D eigenvalue weighted by atomic mass is 16.2. The van der Waals surface area contributed by atoms with Gasteiger partial charge in [0.15, 0.2) is 0 Å². The summed E-state index contributed by atoms with van der Waals surface area (Å²) in [6, 6.07) is 14.8. The summed E-state index contributed by atoms with van der Waals surface area (Å²) in [5.74, 6) is 0.201. The number of primary amides is 1. The zero-order valence-electron chi connectivity index (χ0n) is 17.3. The standard InChI is InChI=1S/C23H31N3O2/c1-14(2)17-6-8-18(9-7-17)21(15(3)4)25-16(5)23(28)26-20-12-10-19(11-13-20)22(24)27/h6-16,21,25H,1-5H3,(H2,24,27)(H,26,28)/t16-,21-/m0/s1. The lowest BCUT2D eigenvalue weighted by molar-refractivity contribution is -0.118. The minimum absolute atomic E-state index is 0.0687. The fourth-order valence-corrected chi connectivity index (χ4v) is 3.08. The quantitative estimate of drug-likeness (QED) is 0.640. The SMILES string of the molecule is CC(C)c1ccc([C@@H](N[C@@H](C)C(=O)Nc2ccc(C(N)=O)cc2)C(C)C)cc1. The molecule has 0 saturated carbocycles. The first-order chi connectivity index (χ1) is 13.2. The molecule has 28 heavy (non-hydrogen) atoms. The van der Waals surface area contributed by atoms with Crippen LogP contribution in [0, 0.1) is 5.92 Å². The van der Waals surface area contributed by atoms with Crippen LogP contribution < -0.4 is 16.4 Å². The van der Waals surface area contributed by atoms with Crippen LogP contribution in [0.25, 0.3) is 0 Å². The normalized spacial score (nSPS) is 13.4. The van der Waals surface area contributed by atoms with Gasteiger partial charge in [-0.1, -0.05) is 52.0 Å². The lowest BCUT2D eigenvalue weighted by Gasteiger charge is -2.27. The summed E-state index contributed by atoms with van der Waals surface area (Å²) in [5.41, 5.74) is 8.76. The predicted octanol–water partition coefficient (Wildman–Crippen LogP) is 4.22. The van der Waals surface area contributed by atoms with E-state index in [1.165, 1.54) is 11.1 Å². The number of amides is 2. The third kappa shape index (κ3) is 5.67. The zero-order chi connectivity index (χ0) is 20.8. The number of nitrogens with two attached hydrogens (primary N) is 1. The molecule has 2 atom stereocenters. The maximum Gasteiger partial charge on any atom is 0.248 e. The van der Waals surface area contributed by atoms with Crippen LogP contribution in [0.15, 0.2) is 48.5 Å². The fourth-order valence-electron chi connectivity index (χ4n) is 3.08. The molecule has 2 amide bonds. The van der Waals surface area contributed by atoms with Crippen molar-refractivity contribution < 1.29 is 9.59 Å². The molecule has 4 N–H and O–H groups in total. The highest BCUT2D eigenvalue weighted by Gasteiger charge is 2.22. The van der Waals surface area contributed by atoms with E-state index in [-0.39, 0.29) is 18.0 Å². The van der Waals surface area contributed by atoms with Crippen LogP contribution in [0.2, 0.25) is 0 Å². The van der Waals surface area contributed by atoms with Crippen molar-refractivity contribution in [3.63, 3.8) is 0 Å². The number of hydrogen-bond acceptors (Lipinski definition) is 3. The average Bonchev–Trinajstić information content (AvgIpc) is 2.66. The van der Waals surface area contributed by atoms with Gasteiger partial charge in [-0.2, -0.15) is 0 Å².